The number of hydrogen-bond acceptors (Lipinski definition) is 10. The van der Waals surface area contributed by atoms with E-state index in [0.29, 0.717) is 27.7 Å². The molecule has 0 saturated heterocycles. The van der Waals surface area contributed by atoms with Crippen molar-refractivity contribution < 1.29 is 28.8 Å². The molecule has 2 unspecified atom stereocenters. The summed E-state index contributed by atoms with van der Waals surface area (Å²) in [7, 11) is 0. The van der Waals surface area contributed by atoms with Crippen LogP contribution >= 0.6 is 11.8 Å². The van der Waals surface area contributed by atoms with E-state index in [1.807, 2.05) is 0 Å². The SMILES string of the molecule is CCCSc1nc(NC2CC2c2ccc(F)c(F)c2)c2nnn([C@@H]3C[C@H](OCCO)[C@@H](O)[C@H]3O)c2n1. The molecule has 2 saturated carbocycles. The number of aromatic nitrogens is 5. The molecular weight excluding hydrogens is 494 g/mol. The maximum Gasteiger partial charge on any atom is 0.191 e. The highest BCUT2D eigenvalue weighted by molar-refractivity contribution is 7.99. The molecule has 2 fully saturated rings. The largest absolute Gasteiger partial charge is 0.394 e. The van der Waals surface area contributed by atoms with Gasteiger partial charge in [-0.2, -0.15) is 0 Å². The number of aliphatic hydroxyl groups is 3. The summed E-state index contributed by atoms with van der Waals surface area (Å²) >= 11 is 1.48. The predicted molar refractivity (Wildman–Crippen MR) is 128 cm³/mol. The van der Waals surface area contributed by atoms with Crippen LogP contribution in [0.25, 0.3) is 11.2 Å². The number of benzene rings is 1. The predicted octanol–water partition coefficient (Wildman–Crippen LogP) is 2.01. The zero-order valence-electron chi connectivity index (χ0n) is 19.6. The van der Waals surface area contributed by atoms with E-state index in [9.17, 15) is 19.0 Å². The fourth-order valence-electron chi connectivity index (χ4n) is 4.61. The summed E-state index contributed by atoms with van der Waals surface area (Å²) in [6.45, 7) is 1.91. The Bertz CT molecular complexity index is 1230. The quantitative estimate of drug-likeness (QED) is 0.231. The van der Waals surface area contributed by atoms with Crippen molar-refractivity contribution in [2.45, 2.75) is 67.7 Å². The standard InChI is InChI=1S/C23H28F2N6O4S/c1-2-7-36-23-27-21(26-15-9-12(15)11-3-4-13(24)14(25)8-11)18-22(28-23)31(30-29-18)16-10-17(35-6-5-32)20(34)19(16)33/h3-4,8,12,15-17,19-20,32-34H,2,5-7,9-10H2,1H3,(H,26,27,28)/t12?,15?,16-,17+,19+,20-/m1/s1. The van der Waals surface area contributed by atoms with Crippen LogP contribution < -0.4 is 5.32 Å². The van der Waals surface area contributed by atoms with Gasteiger partial charge in [0.2, 0.25) is 0 Å². The molecule has 4 N–H and O–H groups in total. The van der Waals surface area contributed by atoms with Crippen molar-refractivity contribution >= 4 is 28.7 Å². The Morgan fingerprint density at radius 3 is 2.75 bits per heavy atom. The molecule has 5 rings (SSSR count). The van der Waals surface area contributed by atoms with Crippen LogP contribution in [0.2, 0.25) is 0 Å². The second-order valence-corrected chi connectivity index (χ2v) is 10.2. The van der Waals surface area contributed by atoms with E-state index in [0.717, 1.165) is 24.7 Å². The number of halogens is 2. The van der Waals surface area contributed by atoms with E-state index in [1.54, 1.807) is 6.07 Å². The van der Waals surface area contributed by atoms with Gasteiger partial charge in [-0.25, -0.2) is 23.4 Å². The third-order valence-electron chi connectivity index (χ3n) is 6.56. The third kappa shape index (κ3) is 4.90. The average Bonchev–Trinajstić information content (AvgIpc) is 3.41. The number of ether oxygens (including phenoxy) is 1. The van der Waals surface area contributed by atoms with Crippen molar-refractivity contribution in [2.75, 3.05) is 24.3 Å². The van der Waals surface area contributed by atoms with Crippen molar-refractivity contribution in [1.29, 1.82) is 0 Å². The molecule has 36 heavy (non-hydrogen) atoms. The van der Waals surface area contributed by atoms with Gasteiger partial charge in [-0.15, -0.1) is 5.10 Å². The first-order chi connectivity index (χ1) is 17.4. The first-order valence-electron chi connectivity index (χ1n) is 12.0. The maximum absolute atomic E-state index is 13.7. The van der Waals surface area contributed by atoms with Crippen LogP contribution in [0.1, 0.15) is 43.7 Å². The summed E-state index contributed by atoms with van der Waals surface area (Å²) < 4.78 is 34.0. The lowest BCUT2D eigenvalue weighted by Crippen LogP contribution is -2.33. The summed E-state index contributed by atoms with van der Waals surface area (Å²) in [5.74, 6) is -0.472. The zero-order valence-corrected chi connectivity index (χ0v) is 20.4. The number of thioether (sulfide) groups is 1. The number of nitrogens with one attached hydrogen (secondary N) is 1. The third-order valence-corrected chi connectivity index (χ3v) is 7.61. The van der Waals surface area contributed by atoms with Crippen LogP contribution in [0.5, 0.6) is 0 Å². The van der Waals surface area contributed by atoms with Crippen molar-refractivity contribution in [2.24, 2.45) is 0 Å². The van der Waals surface area contributed by atoms with Gasteiger partial charge in [0.15, 0.2) is 33.8 Å². The molecule has 10 nitrogen and oxygen atoms in total. The molecule has 0 amide bonds. The van der Waals surface area contributed by atoms with Crippen LogP contribution in [-0.2, 0) is 4.74 Å². The Labute approximate surface area is 210 Å². The van der Waals surface area contributed by atoms with Gasteiger partial charge in [-0.3, -0.25) is 0 Å². The lowest BCUT2D eigenvalue weighted by Gasteiger charge is -2.17. The molecule has 1 aromatic carbocycles. The fraction of sp³-hybridized carbons (Fsp3) is 0.565. The Balaban J connectivity index is 1.43. The smallest absolute Gasteiger partial charge is 0.191 e. The molecular formula is C23H28F2N6O4S. The van der Waals surface area contributed by atoms with Gasteiger partial charge in [-0.1, -0.05) is 30.0 Å². The number of aliphatic hydroxyl groups excluding tert-OH is 3. The lowest BCUT2D eigenvalue weighted by atomic mass is 10.1. The number of hydrogen-bond donors (Lipinski definition) is 4. The van der Waals surface area contributed by atoms with E-state index in [4.69, 9.17) is 9.84 Å². The van der Waals surface area contributed by atoms with Crippen LogP contribution in [-0.4, -0.2) is 83.6 Å². The van der Waals surface area contributed by atoms with Gasteiger partial charge in [0.1, 0.15) is 12.2 Å². The lowest BCUT2D eigenvalue weighted by molar-refractivity contribution is -0.0629. The fourth-order valence-corrected chi connectivity index (χ4v) is 5.31. The summed E-state index contributed by atoms with van der Waals surface area (Å²) in [4.78, 5) is 9.27. The van der Waals surface area contributed by atoms with E-state index in [1.165, 1.54) is 22.5 Å². The monoisotopic (exact) mass is 522 g/mol. The highest BCUT2D eigenvalue weighted by atomic mass is 32.2. The molecule has 0 aliphatic heterocycles. The molecule has 13 heteroatoms. The van der Waals surface area contributed by atoms with Crippen LogP contribution in [0, 0.1) is 11.6 Å². The van der Waals surface area contributed by atoms with Gasteiger partial charge < -0.3 is 25.4 Å². The van der Waals surface area contributed by atoms with Crippen molar-refractivity contribution in [3.63, 3.8) is 0 Å². The Morgan fingerprint density at radius 1 is 1.17 bits per heavy atom. The van der Waals surface area contributed by atoms with Crippen molar-refractivity contribution in [3.8, 4) is 0 Å². The summed E-state index contributed by atoms with van der Waals surface area (Å²) in [5, 5.41) is 42.5. The first-order valence-corrected chi connectivity index (χ1v) is 13.0. The molecule has 0 radical (unpaired) electrons. The van der Waals surface area contributed by atoms with Crippen molar-refractivity contribution in [3.05, 3.63) is 35.4 Å². The second kappa shape index (κ2) is 10.5. The van der Waals surface area contributed by atoms with E-state index in [2.05, 4.69) is 32.5 Å². The van der Waals surface area contributed by atoms with Gasteiger partial charge >= 0.3 is 0 Å². The van der Waals surface area contributed by atoms with E-state index >= 15 is 0 Å². The average molecular weight is 523 g/mol. The minimum atomic E-state index is -1.15. The Hall–Kier alpha value is -2.45. The molecule has 3 aromatic rings. The highest BCUT2D eigenvalue weighted by Gasteiger charge is 2.45. The van der Waals surface area contributed by atoms with Crippen molar-refractivity contribution in [1.82, 2.24) is 25.0 Å². The summed E-state index contributed by atoms with van der Waals surface area (Å²) in [6.07, 6.45) is -1.04. The normalized spacial score (nSPS) is 27.6. The summed E-state index contributed by atoms with van der Waals surface area (Å²) in [5.41, 5.74) is 1.53. The van der Waals surface area contributed by atoms with E-state index in [-0.39, 0.29) is 31.6 Å². The number of fused-ring (bicyclic) bond motifs is 1. The number of nitrogens with zero attached hydrogens (tertiary/aromatic N) is 5. The number of anilines is 1. The second-order valence-electron chi connectivity index (χ2n) is 9.09. The summed E-state index contributed by atoms with van der Waals surface area (Å²) in [6, 6.07) is 3.26. The van der Waals surface area contributed by atoms with E-state index < -0.39 is 36.0 Å². The van der Waals surface area contributed by atoms with Crippen LogP contribution in [0.3, 0.4) is 0 Å². The van der Waals surface area contributed by atoms with Gasteiger partial charge in [0, 0.05) is 24.1 Å². The minimum Gasteiger partial charge on any atom is -0.394 e. The molecule has 0 spiro atoms. The topological polar surface area (TPSA) is 138 Å². The highest BCUT2D eigenvalue weighted by Crippen LogP contribution is 2.44. The van der Waals surface area contributed by atoms with Crippen LogP contribution in [0.15, 0.2) is 23.4 Å². The van der Waals surface area contributed by atoms with Crippen LogP contribution in [0.4, 0.5) is 14.6 Å². The Morgan fingerprint density at radius 2 is 2.00 bits per heavy atom. The zero-order chi connectivity index (χ0) is 25.4. The minimum absolute atomic E-state index is 0.00291. The van der Waals surface area contributed by atoms with Gasteiger partial charge in [0.05, 0.1) is 25.4 Å². The number of rotatable bonds is 10. The van der Waals surface area contributed by atoms with Gasteiger partial charge in [-0.05, 0) is 30.5 Å². The molecule has 2 aromatic heterocycles. The molecule has 6 atom stereocenters. The first kappa shape index (κ1) is 25.2. The Kier molecular flexibility index (Phi) is 7.35. The maximum atomic E-state index is 13.7. The molecule has 2 aliphatic carbocycles. The molecule has 0 bridgehead atoms. The molecule has 2 aliphatic rings. The molecule has 194 valence electrons. The molecule has 2 heterocycles. The van der Waals surface area contributed by atoms with Gasteiger partial charge in [0.25, 0.3) is 0 Å².